The number of Topliss-reactive ketones (excluding diaryl/α,β-unsaturated/α-hetero) is 1. The Morgan fingerprint density at radius 1 is 1.06 bits per heavy atom. The van der Waals surface area contributed by atoms with E-state index in [-0.39, 0.29) is 37.5 Å². The van der Waals surface area contributed by atoms with E-state index in [1.807, 2.05) is 18.7 Å². The third-order valence-electron chi connectivity index (χ3n) is 5.92. The van der Waals surface area contributed by atoms with E-state index in [2.05, 4.69) is 15.8 Å². The van der Waals surface area contributed by atoms with Gasteiger partial charge in [0.15, 0.2) is 5.78 Å². The second-order valence-electron chi connectivity index (χ2n) is 9.34. The summed E-state index contributed by atoms with van der Waals surface area (Å²) < 4.78 is 0. The van der Waals surface area contributed by atoms with Gasteiger partial charge in [0.1, 0.15) is 0 Å². The maximum atomic E-state index is 13.0. The van der Waals surface area contributed by atoms with Gasteiger partial charge in [-0.1, -0.05) is 19.0 Å². The number of nitrogens with zero attached hydrogens (tertiary/aromatic N) is 2. The molecule has 2 aliphatic rings. The Morgan fingerprint density at radius 2 is 1.71 bits per heavy atom. The summed E-state index contributed by atoms with van der Waals surface area (Å²) in [6.45, 7) is 6.72. The summed E-state index contributed by atoms with van der Waals surface area (Å²) in [5, 5.41) is 27.2. The van der Waals surface area contributed by atoms with E-state index in [0.717, 1.165) is 25.9 Å². The van der Waals surface area contributed by atoms with Crippen LogP contribution in [0.4, 0.5) is 0 Å². The van der Waals surface area contributed by atoms with Crippen molar-refractivity contribution in [3.63, 3.8) is 0 Å². The Balaban J connectivity index is 2.02. The molecule has 2 unspecified atom stereocenters. The predicted molar refractivity (Wildman–Crippen MR) is 120 cm³/mol. The lowest BCUT2D eigenvalue weighted by Crippen LogP contribution is -2.54. The van der Waals surface area contributed by atoms with Gasteiger partial charge in [-0.15, -0.1) is 0 Å². The number of ketones is 1. The Kier molecular flexibility index (Phi) is 9.54. The van der Waals surface area contributed by atoms with Crippen LogP contribution in [0.25, 0.3) is 0 Å². The lowest BCUT2D eigenvalue weighted by molar-refractivity contribution is -0.146. The van der Waals surface area contributed by atoms with E-state index in [1.54, 1.807) is 0 Å². The summed E-state index contributed by atoms with van der Waals surface area (Å²) in [5.41, 5.74) is -1.09. The Bertz CT molecular complexity index is 837. The maximum Gasteiger partial charge on any atom is 0.305 e. The SMILES string of the molecule is CC(C)C(NC(=O)CCC(=O)O)C1=NOC(C)(C(=O)N[C@@H](CC(=O)O)C(=O)CN2CCCC2)C1. The van der Waals surface area contributed by atoms with Crippen molar-refractivity contribution >= 4 is 35.2 Å². The second-order valence-corrected chi connectivity index (χ2v) is 9.34. The standard InChI is InChI=1S/C22H34N4O8/c1-13(2)20(24-17(28)6-7-18(29)30)15-11-22(3,34-25-15)21(33)23-14(10-19(31)32)16(27)12-26-8-4-5-9-26/h13-14,20H,4-12H2,1-3H3,(H,23,33)(H,24,28)(H,29,30)(H,31,32)/t14-,20?,22?/m0/s1. The third-order valence-corrected chi connectivity index (χ3v) is 5.92. The molecule has 0 radical (unpaired) electrons. The van der Waals surface area contributed by atoms with E-state index in [4.69, 9.17) is 9.94 Å². The zero-order valence-corrected chi connectivity index (χ0v) is 19.8. The van der Waals surface area contributed by atoms with Crippen LogP contribution in [0, 0.1) is 5.92 Å². The number of rotatable bonds is 13. The van der Waals surface area contributed by atoms with Gasteiger partial charge in [-0.2, -0.15) is 0 Å². The van der Waals surface area contributed by atoms with Crippen LogP contribution in [0.2, 0.25) is 0 Å². The quantitative estimate of drug-likeness (QED) is 0.285. The van der Waals surface area contributed by atoms with Crippen molar-refractivity contribution in [2.24, 2.45) is 11.1 Å². The molecule has 0 aromatic carbocycles. The van der Waals surface area contributed by atoms with Gasteiger partial charge >= 0.3 is 11.9 Å². The van der Waals surface area contributed by atoms with Crippen LogP contribution in [0.5, 0.6) is 0 Å². The zero-order valence-electron chi connectivity index (χ0n) is 19.8. The molecule has 0 saturated carbocycles. The van der Waals surface area contributed by atoms with Gasteiger partial charge < -0.3 is 25.7 Å². The number of carbonyl (C=O) groups excluding carboxylic acids is 3. The molecule has 0 bridgehead atoms. The molecule has 3 atom stereocenters. The van der Waals surface area contributed by atoms with Gasteiger partial charge in [-0.3, -0.25) is 28.9 Å². The second kappa shape index (κ2) is 11.9. The fraction of sp³-hybridized carbons (Fsp3) is 0.727. The number of carbonyl (C=O) groups is 5. The van der Waals surface area contributed by atoms with Crippen molar-refractivity contribution < 1.29 is 39.0 Å². The number of hydrogen-bond acceptors (Lipinski definition) is 8. The molecule has 0 spiro atoms. The first-order valence-electron chi connectivity index (χ1n) is 11.4. The average Bonchev–Trinajstić information content (AvgIpc) is 3.39. The first kappa shape index (κ1) is 27.2. The van der Waals surface area contributed by atoms with E-state index >= 15 is 0 Å². The number of carboxylic acids is 2. The van der Waals surface area contributed by atoms with Crippen molar-refractivity contribution in [1.82, 2.24) is 15.5 Å². The average molecular weight is 483 g/mol. The summed E-state index contributed by atoms with van der Waals surface area (Å²) in [6, 6.07) is -1.78. The van der Waals surface area contributed by atoms with Crippen molar-refractivity contribution in [2.45, 2.75) is 77.0 Å². The van der Waals surface area contributed by atoms with Gasteiger partial charge in [0.2, 0.25) is 11.5 Å². The highest BCUT2D eigenvalue weighted by Gasteiger charge is 2.45. The molecule has 0 aromatic heterocycles. The predicted octanol–water partition coefficient (Wildman–Crippen LogP) is 0.151. The Labute approximate surface area is 198 Å². The number of oxime groups is 1. The van der Waals surface area contributed by atoms with Crippen LogP contribution in [-0.2, 0) is 28.8 Å². The van der Waals surface area contributed by atoms with Crippen molar-refractivity contribution in [3.05, 3.63) is 0 Å². The lowest BCUT2D eigenvalue weighted by atomic mass is 9.90. The largest absolute Gasteiger partial charge is 0.481 e. The van der Waals surface area contributed by atoms with E-state index < -0.39 is 47.9 Å². The van der Waals surface area contributed by atoms with Crippen LogP contribution < -0.4 is 10.6 Å². The van der Waals surface area contributed by atoms with Gasteiger partial charge in [-0.05, 0) is 38.8 Å². The van der Waals surface area contributed by atoms with E-state index in [0.29, 0.717) is 5.71 Å². The summed E-state index contributed by atoms with van der Waals surface area (Å²) in [4.78, 5) is 67.2. The molecule has 2 amide bonds. The molecule has 0 aliphatic carbocycles. The summed E-state index contributed by atoms with van der Waals surface area (Å²) in [6.07, 6.45) is 0.909. The Morgan fingerprint density at radius 3 is 2.26 bits per heavy atom. The molecule has 2 rings (SSSR count). The van der Waals surface area contributed by atoms with Crippen molar-refractivity contribution in [1.29, 1.82) is 0 Å². The molecule has 12 nitrogen and oxygen atoms in total. The van der Waals surface area contributed by atoms with Gasteiger partial charge in [-0.25, -0.2) is 0 Å². The van der Waals surface area contributed by atoms with Crippen LogP contribution in [0.3, 0.4) is 0 Å². The summed E-state index contributed by atoms with van der Waals surface area (Å²) >= 11 is 0. The molecule has 0 aromatic rings. The number of amides is 2. The number of nitrogens with one attached hydrogen (secondary N) is 2. The number of carboxylic acid groups (broad SMARTS) is 2. The molecule has 34 heavy (non-hydrogen) atoms. The van der Waals surface area contributed by atoms with Crippen LogP contribution >= 0.6 is 0 Å². The molecular weight excluding hydrogens is 448 g/mol. The topological polar surface area (TPSA) is 175 Å². The molecule has 190 valence electrons. The number of aliphatic carboxylic acids is 2. The highest BCUT2D eigenvalue weighted by atomic mass is 16.7. The maximum absolute atomic E-state index is 13.0. The van der Waals surface area contributed by atoms with Crippen molar-refractivity contribution in [3.8, 4) is 0 Å². The van der Waals surface area contributed by atoms with Gasteiger partial charge in [0, 0.05) is 12.8 Å². The number of likely N-dealkylation sites (tertiary alicyclic amines) is 1. The molecule has 2 aliphatic heterocycles. The molecule has 12 heteroatoms. The highest BCUT2D eigenvalue weighted by molar-refractivity contribution is 6.01. The minimum Gasteiger partial charge on any atom is -0.481 e. The van der Waals surface area contributed by atoms with Crippen LogP contribution in [0.15, 0.2) is 5.16 Å². The monoisotopic (exact) mass is 482 g/mol. The first-order valence-corrected chi connectivity index (χ1v) is 11.4. The van der Waals surface area contributed by atoms with Crippen molar-refractivity contribution in [2.75, 3.05) is 19.6 Å². The summed E-state index contributed by atoms with van der Waals surface area (Å²) in [5.74, 6) is -3.94. The zero-order chi connectivity index (χ0) is 25.5. The molecule has 4 N–H and O–H groups in total. The molecule has 1 fully saturated rings. The van der Waals surface area contributed by atoms with E-state index in [9.17, 15) is 29.1 Å². The van der Waals surface area contributed by atoms with Crippen LogP contribution in [-0.4, -0.2) is 87.7 Å². The molecule has 1 saturated heterocycles. The first-order chi connectivity index (χ1) is 15.9. The lowest BCUT2D eigenvalue weighted by Gasteiger charge is -2.26. The third kappa shape index (κ3) is 7.79. The highest BCUT2D eigenvalue weighted by Crippen LogP contribution is 2.27. The van der Waals surface area contributed by atoms with Gasteiger partial charge in [0.25, 0.3) is 5.91 Å². The fourth-order valence-electron chi connectivity index (χ4n) is 3.96. The van der Waals surface area contributed by atoms with Gasteiger partial charge in [0.05, 0.1) is 37.2 Å². The minimum absolute atomic E-state index is 0.0149. The normalized spacial score (nSPS) is 21.9. The molecular formula is C22H34N4O8. The minimum atomic E-state index is -1.49. The van der Waals surface area contributed by atoms with Crippen LogP contribution in [0.1, 0.15) is 59.3 Å². The molecule has 2 heterocycles. The fourth-order valence-corrected chi connectivity index (χ4v) is 3.96. The number of hydrogen-bond donors (Lipinski definition) is 4. The smallest absolute Gasteiger partial charge is 0.305 e. The summed E-state index contributed by atoms with van der Waals surface area (Å²) in [7, 11) is 0. The van der Waals surface area contributed by atoms with E-state index in [1.165, 1.54) is 6.92 Å². The Hall–Kier alpha value is -3.02.